The Morgan fingerprint density at radius 2 is 1.86 bits per heavy atom. The average molecular weight is 405 g/mol. The number of anilines is 1. The Labute approximate surface area is 170 Å². The van der Waals surface area contributed by atoms with Gasteiger partial charge in [-0.05, 0) is 61.7 Å². The Bertz CT molecular complexity index is 818. The second-order valence-corrected chi connectivity index (χ2v) is 8.06. The number of Topliss-reactive ketones (excluding diaryl/α,β-unsaturated/α-hetero) is 1. The molecule has 1 fully saturated rings. The first kappa shape index (κ1) is 20.8. The lowest BCUT2D eigenvalue weighted by atomic mass is 9.85. The van der Waals surface area contributed by atoms with E-state index in [1.165, 1.54) is 18.2 Å². The zero-order valence-corrected chi connectivity index (χ0v) is 16.6. The zero-order valence-electron chi connectivity index (χ0n) is 15.8. The fraction of sp³-hybridized carbons (Fsp3) is 0.409. The van der Waals surface area contributed by atoms with Crippen molar-refractivity contribution in [3.05, 3.63) is 64.4 Å². The number of nitrogens with two attached hydrogens (primary N) is 1. The van der Waals surface area contributed by atoms with Gasteiger partial charge in [0.05, 0.1) is 5.60 Å². The molecular formula is C22H26ClFN2O2. The lowest BCUT2D eigenvalue weighted by Crippen LogP contribution is -2.45. The smallest absolute Gasteiger partial charge is 0.165 e. The summed E-state index contributed by atoms with van der Waals surface area (Å²) in [5.74, 6) is -0.582. The molecule has 3 rings (SSSR count). The maximum absolute atomic E-state index is 13.3. The largest absolute Gasteiger partial charge is 0.398 e. The van der Waals surface area contributed by atoms with Crippen molar-refractivity contribution in [1.82, 2.24) is 4.90 Å². The molecule has 0 saturated carbocycles. The van der Waals surface area contributed by atoms with E-state index in [0.717, 1.165) is 25.2 Å². The third-order valence-electron chi connectivity index (χ3n) is 5.43. The number of hydrogen-bond donors (Lipinski definition) is 2. The fourth-order valence-electron chi connectivity index (χ4n) is 3.72. The maximum atomic E-state index is 13.3. The zero-order chi connectivity index (χ0) is 20.1. The Morgan fingerprint density at radius 3 is 2.54 bits per heavy atom. The number of carbonyl (C=O) groups excluding carboxylic acids is 1. The molecule has 0 radical (unpaired) electrons. The lowest BCUT2D eigenvalue weighted by molar-refractivity contribution is -0.0207. The number of nitrogens with zero attached hydrogens (tertiary/aromatic N) is 1. The van der Waals surface area contributed by atoms with E-state index in [1.54, 1.807) is 0 Å². The summed E-state index contributed by atoms with van der Waals surface area (Å²) in [5, 5.41) is 11.6. The van der Waals surface area contributed by atoms with Crippen LogP contribution in [0.5, 0.6) is 0 Å². The minimum absolute atomic E-state index is 0.131. The molecule has 150 valence electrons. The van der Waals surface area contributed by atoms with E-state index in [-0.39, 0.29) is 11.3 Å². The normalized spacial score (nSPS) is 16.8. The number of halogens is 2. The number of benzene rings is 2. The predicted molar refractivity (Wildman–Crippen MR) is 110 cm³/mol. The molecule has 6 heteroatoms. The quantitative estimate of drug-likeness (QED) is 0.538. The molecular weight excluding hydrogens is 379 g/mol. The first-order valence-electron chi connectivity index (χ1n) is 9.62. The molecule has 0 spiro atoms. The van der Waals surface area contributed by atoms with Crippen LogP contribution in [-0.2, 0) is 6.42 Å². The molecule has 28 heavy (non-hydrogen) atoms. The van der Waals surface area contributed by atoms with Crippen LogP contribution in [-0.4, -0.2) is 41.0 Å². The maximum Gasteiger partial charge on any atom is 0.165 e. The first-order valence-corrected chi connectivity index (χ1v) is 10.00. The molecule has 2 aromatic rings. The van der Waals surface area contributed by atoms with Crippen LogP contribution in [0.1, 0.15) is 41.6 Å². The molecule has 2 aromatic carbocycles. The minimum Gasteiger partial charge on any atom is -0.398 e. The van der Waals surface area contributed by atoms with Crippen LogP contribution in [0, 0.1) is 5.82 Å². The lowest BCUT2D eigenvalue weighted by Gasteiger charge is -2.38. The van der Waals surface area contributed by atoms with Crippen molar-refractivity contribution in [3.8, 4) is 0 Å². The highest BCUT2D eigenvalue weighted by atomic mass is 35.5. The summed E-state index contributed by atoms with van der Waals surface area (Å²) >= 11 is 5.92. The van der Waals surface area contributed by atoms with Gasteiger partial charge >= 0.3 is 0 Å². The molecule has 0 amide bonds. The van der Waals surface area contributed by atoms with Gasteiger partial charge in [0.2, 0.25) is 0 Å². The summed E-state index contributed by atoms with van der Waals surface area (Å²) in [4.78, 5) is 14.5. The van der Waals surface area contributed by atoms with E-state index in [4.69, 9.17) is 17.3 Å². The van der Waals surface area contributed by atoms with E-state index in [1.807, 2.05) is 24.3 Å². The van der Waals surface area contributed by atoms with Crippen molar-refractivity contribution in [1.29, 1.82) is 0 Å². The van der Waals surface area contributed by atoms with Gasteiger partial charge in [-0.3, -0.25) is 4.79 Å². The summed E-state index contributed by atoms with van der Waals surface area (Å²) < 4.78 is 13.3. The second kappa shape index (κ2) is 9.03. The molecule has 0 bridgehead atoms. The van der Waals surface area contributed by atoms with E-state index in [9.17, 15) is 14.3 Å². The van der Waals surface area contributed by atoms with Crippen molar-refractivity contribution < 1.29 is 14.3 Å². The van der Waals surface area contributed by atoms with Crippen LogP contribution >= 0.6 is 11.6 Å². The van der Waals surface area contributed by atoms with Crippen molar-refractivity contribution in [3.63, 3.8) is 0 Å². The predicted octanol–water partition coefficient (Wildman–Crippen LogP) is 4.09. The number of aliphatic hydroxyl groups is 1. The van der Waals surface area contributed by atoms with E-state index < -0.39 is 11.4 Å². The van der Waals surface area contributed by atoms with E-state index in [0.29, 0.717) is 42.8 Å². The van der Waals surface area contributed by atoms with E-state index in [2.05, 4.69) is 4.90 Å². The molecule has 0 aliphatic carbocycles. The summed E-state index contributed by atoms with van der Waals surface area (Å²) in [7, 11) is 0. The van der Waals surface area contributed by atoms with Crippen LogP contribution in [0.2, 0.25) is 5.02 Å². The SMILES string of the molecule is Nc1ccc(F)cc1C(=O)CCCN1CCC(O)(Cc2ccc(Cl)cc2)CC1. The molecule has 1 saturated heterocycles. The Kier molecular flexibility index (Phi) is 6.70. The van der Waals surface area contributed by atoms with Crippen LogP contribution < -0.4 is 5.73 Å². The number of likely N-dealkylation sites (tertiary alicyclic amines) is 1. The van der Waals surface area contributed by atoms with Crippen molar-refractivity contribution in [2.45, 2.75) is 37.7 Å². The molecule has 1 heterocycles. The summed E-state index contributed by atoms with van der Waals surface area (Å²) in [6.07, 6.45) is 3.03. The Balaban J connectivity index is 1.43. The Morgan fingerprint density at radius 1 is 1.18 bits per heavy atom. The number of carbonyl (C=O) groups is 1. The highest BCUT2D eigenvalue weighted by Crippen LogP contribution is 2.27. The number of hydrogen-bond acceptors (Lipinski definition) is 4. The van der Waals surface area contributed by atoms with Gasteiger partial charge in [-0.25, -0.2) is 4.39 Å². The average Bonchev–Trinajstić information content (AvgIpc) is 2.67. The third-order valence-corrected chi connectivity index (χ3v) is 5.68. The van der Waals surface area contributed by atoms with Crippen molar-refractivity contribution in [2.75, 3.05) is 25.4 Å². The van der Waals surface area contributed by atoms with Crippen LogP contribution in [0.4, 0.5) is 10.1 Å². The van der Waals surface area contributed by atoms with Crippen LogP contribution in [0.25, 0.3) is 0 Å². The monoisotopic (exact) mass is 404 g/mol. The van der Waals surface area contributed by atoms with Crippen LogP contribution in [0.3, 0.4) is 0 Å². The molecule has 0 unspecified atom stereocenters. The van der Waals surface area contributed by atoms with Gasteiger partial charge in [-0.2, -0.15) is 0 Å². The van der Waals surface area contributed by atoms with Gasteiger partial charge in [0.1, 0.15) is 5.82 Å². The molecule has 3 N–H and O–H groups in total. The number of rotatable bonds is 7. The minimum atomic E-state index is -0.698. The second-order valence-electron chi connectivity index (χ2n) is 7.63. The number of piperidine rings is 1. The van der Waals surface area contributed by atoms with Gasteiger partial charge < -0.3 is 15.7 Å². The van der Waals surface area contributed by atoms with Gasteiger partial charge in [0.15, 0.2) is 5.78 Å². The molecule has 1 aliphatic heterocycles. The van der Waals surface area contributed by atoms with Crippen molar-refractivity contribution >= 4 is 23.1 Å². The number of nitrogen functional groups attached to an aromatic ring is 1. The summed E-state index contributed by atoms with van der Waals surface area (Å²) in [5.41, 5.74) is 6.73. The summed E-state index contributed by atoms with van der Waals surface area (Å²) in [6.45, 7) is 2.36. The van der Waals surface area contributed by atoms with Gasteiger partial charge in [-0.1, -0.05) is 23.7 Å². The first-order chi connectivity index (χ1) is 13.3. The van der Waals surface area contributed by atoms with Gasteiger partial charge in [-0.15, -0.1) is 0 Å². The van der Waals surface area contributed by atoms with Gasteiger partial charge in [0.25, 0.3) is 0 Å². The highest BCUT2D eigenvalue weighted by Gasteiger charge is 2.32. The van der Waals surface area contributed by atoms with E-state index >= 15 is 0 Å². The standard InChI is InChI=1S/C22H26ClFN2O2/c23-17-5-3-16(4-6-17)15-22(28)9-12-26(13-10-22)11-1-2-21(27)19-14-18(24)7-8-20(19)25/h3-8,14,28H,1-2,9-13,15,25H2. The van der Waals surface area contributed by atoms with Crippen LogP contribution in [0.15, 0.2) is 42.5 Å². The third kappa shape index (κ3) is 5.53. The molecule has 0 atom stereocenters. The number of ketones is 1. The van der Waals surface area contributed by atoms with Gasteiger partial charge in [0, 0.05) is 42.2 Å². The molecule has 0 aromatic heterocycles. The Hall–Kier alpha value is -1.95. The molecule has 4 nitrogen and oxygen atoms in total. The molecule has 1 aliphatic rings. The summed E-state index contributed by atoms with van der Waals surface area (Å²) in [6, 6.07) is 11.5. The highest BCUT2D eigenvalue weighted by molar-refractivity contribution is 6.30. The fourth-order valence-corrected chi connectivity index (χ4v) is 3.85. The topological polar surface area (TPSA) is 66.6 Å². The van der Waals surface area contributed by atoms with Crippen molar-refractivity contribution in [2.24, 2.45) is 0 Å².